The van der Waals surface area contributed by atoms with Gasteiger partial charge in [-0.2, -0.15) is 5.10 Å². The van der Waals surface area contributed by atoms with Gasteiger partial charge in [0, 0.05) is 20.6 Å². The van der Waals surface area contributed by atoms with Crippen LogP contribution in [0.5, 0.6) is 11.5 Å². The molecule has 0 unspecified atom stereocenters. The minimum Gasteiger partial charge on any atom is -0.493 e. The lowest BCUT2D eigenvalue weighted by molar-refractivity contribution is 0.0787. The van der Waals surface area contributed by atoms with Crippen LogP contribution in [0.25, 0.3) is 22.5 Å². The van der Waals surface area contributed by atoms with Gasteiger partial charge in [0.25, 0.3) is 5.91 Å². The molecule has 0 fully saturated rings. The monoisotopic (exact) mass is 496 g/mol. The molecule has 5 aromatic rings. The molecule has 0 aliphatic carbocycles. The Hall–Kier alpha value is -4.59. The quantitative estimate of drug-likeness (QED) is 0.286. The van der Waals surface area contributed by atoms with E-state index in [0.717, 1.165) is 22.2 Å². The fraction of sp³-hybridized carbons (Fsp3) is 0.207. The van der Waals surface area contributed by atoms with Crippen LogP contribution < -0.4 is 9.47 Å². The molecular formula is C29H28N4O4. The molecule has 0 bridgehead atoms. The van der Waals surface area contributed by atoms with Crippen molar-refractivity contribution in [1.29, 1.82) is 0 Å². The smallest absolute Gasteiger partial charge is 0.254 e. The number of aryl methyl sites for hydroxylation is 2. The van der Waals surface area contributed by atoms with Crippen LogP contribution in [-0.2, 0) is 20.2 Å². The Labute approximate surface area is 215 Å². The van der Waals surface area contributed by atoms with Gasteiger partial charge in [-0.25, -0.2) is 4.98 Å². The Bertz CT molecular complexity index is 1540. The normalized spacial score (nSPS) is 11.0. The van der Waals surface area contributed by atoms with Crippen molar-refractivity contribution >= 4 is 16.9 Å². The second-order valence-electron chi connectivity index (χ2n) is 8.86. The van der Waals surface area contributed by atoms with E-state index in [2.05, 4.69) is 5.10 Å². The number of fused-ring (bicyclic) bond motifs is 1. The molecule has 8 nitrogen and oxygen atoms in total. The van der Waals surface area contributed by atoms with Gasteiger partial charge >= 0.3 is 0 Å². The lowest BCUT2D eigenvalue weighted by atomic mass is 10.1. The summed E-state index contributed by atoms with van der Waals surface area (Å²) < 4.78 is 18.8. The Morgan fingerprint density at radius 1 is 1.03 bits per heavy atom. The van der Waals surface area contributed by atoms with Crippen LogP contribution in [0.1, 0.15) is 27.2 Å². The summed E-state index contributed by atoms with van der Waals surface area (Å²) in [5.41, 5.74) is 4.47. The number of pyridine rings is 1. The highest BCUT2D eigenvalue weighted by molar-refractivity contribution is 6.07. The molecule has 0 N–H and O–H groups in total. The Morgan fingerprint density at radius 3 is 2.57 bits per heavy atom. The third-order valence-electron chi connectivity index (χ3n) is 6.20. The van der Waals surface area contributed by atoms with Crippen molar-refractivity contribution < 1.29 is 18.7 Å². The topological polar surface area (TPSA) is 82.6 Å². The van der Waals surface area contributed by atoms with Crippen LogP contribution in [-0.4, -0.2) is 39.7 Å². The third kappa shape index (κ3) is 4.91. The van der Waals surface area contributed by atoms with E-state index in [-0.39, 0.29) is 5.91 Å². The number of benzene rings is 2. The third-order valence-corrected chi connectivity index (χ3v) is 6.20. The Kier molecular flexibility index (Phi) is 6.64. The molecule has 8 heteroatoms. The molecule has 37 heavy (non-hydrogen) atoms. The number of furan rings is 1. The molecule has 0 atom stereocenters. The summed E-state index contributed by atoms with van der Waals surface area (Å²) >= 11 is 0. The number of methoxy groups -OCH3 is 1. The lowest BCUT2D eigenvalue weighted by Gasteiger charge is -2.19. The average Bonchev–Trinajstić information content (AvgIpc) is 3.56. The Balaban J connectivity index is 1.40. The molecule has 0 aliphatic heterocycles. The zero-order chi connectivity index (χ0) is 25.9. The highest BCUT2D eigenvalue weighted by Gasteiger charge is 2.23. The number of carbonyl (C=O) groups is 1. The first-order valence-electron chi connectivity index (χ1n) is 11.9. The first-order valence-corrected chi connectivity index (χ1v) is 11.9. The van der Waals surface area contributed by atoms with Crippen molar-refractivity contribution in [3.05, 3.63) is 95.4 Å². The fourth-order valence-electron chi connectivity index (χ4n) is 4.38. The van der Waals surface area contributed by atoms with Gasteiger partial charge in [0.15, 0.2) is 22.9 Å². The molecule has 0 aliphatic rings. The zero-order valence-corrected chi connectivity index (χ0v) is 21.3. The molecular weight excluding hydrogens is 468 g/mol. The van der Waals surface area contributed by atoms with E-state index in [1.165, 1.54) is 0 Å². The van der Waals surface area contributed by atoms with Gasteiger partial charge in [0.05, 0.1) is 30.0 Å². The first-order chi connectivity index (χ1) is 17.9. The molecule has 188 valence electrons. The zero-order valence-electron chi connectivity index (χ0n) is 21.3. The van der Waals surface area contributed by atoms with Crippen molar-refractivity contribution in [2.24, 2.45) is 7.05 Å². The van der Waals surface area contributed by atoms with E-state index >= 15 is 0 Å². The van der Waals surface area contributed by atoms with Gasteiger partial charge in [0.2, 0.25) is 0 Å². The number of rotatable bonds is 8. The molecule has 3 aromatic heterocycles. The SMILES string of the molecule is COc1cc(CN(C)C(=O)c2cc(-c3ccco3)nc3c2c(C)nn3C)ccc1OCc1ccccc1. The van der Waals surface area contributed by atoms with Crippen LogP contribution in [0.4, 0.5) is 0 Å². The highest BCUT2D eigenvalue weighted by atomic mass is 16.5. The van der Waals surface area contributed by atoms with Crippen LogP contribution in [0.2, 0.25) is 0 Å². The standard InChI is InChI=1S/C29H28N4O4/c1-19-27-22(16-23(24-11-8-14-36-24)30-28(27)33(3)31-19)29(34)32(2)17-21-12-13-25(26(15-21)35-4)37-18-20-9-6-5-7-10-20/h5-16H,17-18H2,1-4H3. The lowest BCUT2D eigenvalue weighted by Crippen LogP contribution is -2.26. The van der Waals surface area contributed by atoms with Crippen LogP contribution in [0.15, 0.2) is 77.4 Å². The summed E-state index contributed by atoms with van der Waals surface area (Å²) in [7, 11) is 5.21. The Morgan fingerprint density at radius 2 is 1.84 bits per heavy atom. The maximum atomic E-state index is 13.7. The molecule has 0 saturated carbocycles. The maximum Gasteiger partial charge on any atom is 0.254 e. The summed E-state index contributed by atoms with van der Waals surface area (Å²) in [4.78, 5) is 20.1. The predicted octanol–water partition coefficient (Wildman–Crippen LogP) is 5.40. The first kappa shape index (κ1) is 24.1. The maximum absolute atomic E-state index is 13.7. The number of amides is 1. The number of carbonyl (C=O) groups excluding carboxylic acids is 1. The number of aromatic nitrogens is 3. The van der Waals surface area contributed by atoms with Gasteiger partial charge in [-0.15, -0.1) is 0 Å². The fourth-order valence-corrected chi connectivity index (χ4v) is 4.38. The van der Waals surface area contributed by atoms with Gasteiger partial charge in [-0.1, -0.05) is 36.4 Å². The van der Waals surface area contributed by atoms with Gasteiger partial charge in [-0.05, 0) is 48.4 Å². The molecule has 0 spiro atoms. The highest BCUT2D eigenvalue weighted by Crippen LogP contribution is 2.31. The minimum atomic E-state index is -0.139. The largest absolute Gasteiger partial charge is 0.493 e. The van der Waals surface area contributed by atoms with E-state index < -0.39 is 0 Å². The minimum absolute atomic E-state index is 0.139. The molecule has 0 radical (unpaired) electrons. The number of hydrogen-bond donors (Lipinski definition) is 0. The van der Waals surface area contributed by atoms with Crippen LogP contribution >= 0.6 is 0 Å². The molecule has 3 heterocycles. The van der Waals surface area contributed by atoms with E-state index in [9.17, 15) is 4.79 Å². The van der Waals surface area contributed by atoms with Crippen molar-refractivity contribution in [3.63, 3.8) is 0 Å². The number of hydrogen-bond acceptors (Lipinski definition) is 6. The van der Waals surface area contributed by atoms with E-state index in [4.69, 9.17) is 18.9 Å². The molecule has 2 aromatic carbocycles. The van der Waals surface area contributed by atoms with Crippen molar-refractivity contribution in [2.45, 2.75) is 20.1 Å². The van der Waals surface area contributed by atoms with Crippen molar-refractivity contribution in [2.75, 3.05) is 14.2 Å². The average molecular weight is 497 g/mol. The second kappa shape index (κ2) is 10.2. The van der Waals surface area contributed by atoms with Gasteiger partial charge in [0.1, 0.15) is 12.3 Å². The summed E-state index contributed by atoms with van der Waals surface area (Å²) in [5.74, 6) is 1.71. The van der Waals surface area contributed by atoms with Crippen molar-refractivity contribution in [1.82, 2.24) is 19.7 Å². The van der Waals surface area contributed by atoms with E-state index in [1.54, 1.807) is 42.1 Å². The van der Waals surface area contributed by atoms with E-state index in [0.29, 0.717) is 47.3 Å². The van der Waals surface area contributed by atoms with Crippen LogP contribution in [0, 0.1) is 6.92 Å². The number of ether oxygens (including phenoxy) is 2. The predicted molar refractivity (Wildman–Crippen MR) is 141 cm³/mol. The summed E-state index contributed by atoms with van der Waals surface area (Å²) in [6.07, 6.45) is 1.59. The van der Waals surface area contributed by atoms with Crippen molar-refractivity contribution in [3.8, 4) is 23.0 Å². The molecule has 0 saturated heterocycles. The molecule has 1 amide bonds. The van der Waals surface area contributed by atoms with Gasteiger partial charge < -0.3 is 18.8 Å². The van der Waals surface area contributed by atoms with E-state index in [1.807, 2.05) is 68.6 Å². The summed E-state index contributed by atoms with van der Waals surface area (Å²) in [5, 5.41) is 5.23. The summed E-state index contributed by atoms with van der Waals surface area (Å²) in [6.45, 7) is 2.70. The second-order valence-corrected chi connectivity index (χ2v) is 8.86. The number of nitrogens with zero attached hydrogens (tertiary/aromatic N) is 4. The summed E-state index contributed by atoms with van der Waals surface area (Å²) in [6, 6.07) is 21.1. The van der Waals surface area contributed by atoms with Crippen LogP contribution in [0.3, 0.4) is 0 Å². The molecule has 5 rings (SSSR count). The van der Waals surface area contributed by atoms with Gasteiger partial charge in [-0.3, -0.25) is 9.48 Å².